The average molecular weight is 724 g/mol. The van der Waals surface area contributed by atoms with Gasteiger partial charge in [0.2, 0.25) is 5.69 Å². The Bertz CT molecular complexity index is 2860. The molecule has 0 amide bonds. The summed E-state index contributed by atoms with van der Waals surface area (Å²) in [5, 5.41) is 3.83. The molecule has 0 saturated carbocycles. The smallest absolute Gasteiger partial charge is 0.364 e. The summed E-state index contributed by atoms with van der Waals surface area (Å²) in [5.74, 6) is 1.71. The molecule has 0 radical (unpaired) electrons. The zero-order valence-corrected chi connectivity index (χ0v) is 34.0. The minimum atomic E-state index is -1.79. The van der Waals surface area contributed by atoms with Crippen molar-refractivity contribution in [3.8, 4) is 28.3 Å². The molecule has 0 fully saturated rings. The number of imidazole rings is 1. The van der Waals surface area contributed by atoms with Crippen LogP contribution in [0.25, 0.3) is 61.3 Å². The summed E-state index contributed by atoms with van der Waals surface area (Å²) < 4.78 is 14.9. The molecule has 0 bridgehead atoms. The predicted molar refractivity (Wildman–Crippen MR) is 225 cm³/mol. The van der Waals surface area contributed by atoms with Crippen LogP contribution in [0.1, 0.15) is 62.4 Å². The van der Waals surface area contributed by atoms with E-state index in [1.807, 2.05) is 0 Å². The van der Waals surface area contributed by atoms with Crippen molar-refractivity contribution in [3.63, 3.8) is 0 Å². The Morgan fingerprint density at radius 2 is 1.54 bits per heavy atom. The summed E-state index contributed by atoms with van der Waals surface area (Å²) in [4.78, 5) is 0. The number of pyridine rings is 1. The molecule has 0 aliphatic carbocycles. The summed E-state index contributed by atoms with van der Waals surface area (Å²) in [7, 11) is -1.79. The first-order valence-electron chi connectivity index (χ1n) is 19.6. The van der Waals surface area contributed by atoms with Gasteiger partial charge < -0.3 is 4.42 Å². The molecular weight excluding hydrogens is 675 g/mol. The highest BCUT2D eigenvalue weighted by atomic mass is 28.3. The van der Waals surface area contributed by atoms with Crippen molar-refractivity contribution in [2.45, 2.75) is 78.7 Å². The van der Waals surface area contributed by atoms with E-state index in [1.54, 1.807) is 0 Å². The van der Waals surface area contributed by atoms with Gasteiger partial charge in [-0.1, -0.05) is 108 Å². The second-order valence-corrected chi connectivity index (χ2v) is 23.3. The molecule has 54 heavy (non-hydrogen) atoms. The van der Waals surface area contributed by atoms with E-state index < -0.39 is 13.7 Å². The monoisotopic (exact) mass is 723 g/mol. The molecule has 10 rings (SSSR count). The number of nitrogens with zero attached hydrogens (tertiary/aromatic N) is 3. The zero-order valence-electron chi connectivity index (χ0n) is 33.0. The van der Waals surface area contributed by atoms with Crippen LogP contribution in [0.4, 0.5) is 0 Å². The largest absolute Gasteiger partial charge is 0.455 e. The number of aryl methyl sites for hydroxylation is 1. The summed E-state index contributed by atoms with van der Waals surface area (Å²) in [5.41, 5.74) is 15.1. The van der Waals surface area contributed by atoms with Crippen LogP contribution in [0.2, 0.25) is 19.6 Å². The van der Waals surface area contributed by atoms with Crippen LogP contribution < -0.4 is 14.3 Å². The third-order valence-corrected chi connectivity index (χ3v) is 14.1. The standard InChI is InChI=1S/C49H49N3OSi/c1-30(2)26-32-28-42-37-23-18-31(3)27-39(37)49(50(42)29-44(32)54(7,8)9)38-25-24-36-35-14-10-13-17-43(35)53-46(36)45(38)47-51(40-15-11-12-16-41(40)52(47)49)34-21-19-33(20-22-34)48(4,5)6/h10-25,27-30H,26H2,1-9H3/q+2. The fraction of sp³-hybridized carbons (Fsp3) is 0.265. The van der Waals surface area contributed by atoms with Gasteiger partial charge in [0, 0.05) is 22.0 Å². The molecule has 5 aromatic carbocycles. The molecule has 1 atom stereocenters. The fourth-order valence-corrected chi connectivity index (χ4v) is 11.3. The van der Waals surface area contributed by atoms with Gasteiger partial charge in [-0.05, 0) is 90.4 Å². The molecule has 1 unspecified atom stereocenters. The number of fused-ring (bicyclic) bond motifs is 16. The topological polar surface area (TPSA) is 25.8 Å². The van der Waals surface area contributed by atoms with Gasteiger partial charge in [-0.25, -0.2) is 0 Å². The van der Waals surface area contributed by atoms with Crippen LogP contribution in [0.3, 0.4) is 0 Å². The van der Waals surface area contributed by atoms with Gasteiger partial charge >= 0.3 is 11.5 Å². The summed E-state index contributed by atoms with van der Waals surface area (Å²) in [6.45, 7) is 21.3. The van der Waals surface area contributed by atoms with E-state index in [-0.39, 0.29) is 5.41 Å². The molecule has 1 spiro atoms. The van der Waals surface area contributed by atoms with E-state index in [1.165, 1.54) is 55.3 Å². The number of hydrogen-bond donors (Lipinski definition) is 0. The molecule has 5 heteroatoms. The average Bonchev–Trinajstić information content (AvgIpc) is 3.83. The normalized spacial score (nSPS) is 16.2. The van der Waals surface area contributed by atoms with Crippen molar-refractivity contribution >= 4 is 46.2 Å². The number of rotatable bonds is 4. The second kappa shape index (κ2) is 11.1. The number of furan rings is 1. The van der Waals surface area contributed by atoms with Crippen LogP contribution in [0.5, 0.6) is 0 Å². The van der Waals surface area contributed by atoms with E-state index in [0.717, 1.165) is 45.4 Å². The SMILES string of the molecule is Cc1ccc2c(c1)C1(c3ccc4c(oc5ccccc54)c3-c3n(-c4ccc(C(C)(C)C)cc4)c4ccccc4[n+]31)[n+]1cc([Si](C)(C)C)c(CC(C)C)cc1-2. The summed E-state index contributed by atoms with van der Waals surface area (Å²) in [6.07, 6.45) is 3.65. The second-order valence-electron chi connectivity index (χ2n) is 18.3. The number of para-hydroxylation sites is 3. The maximum absolute atomic E-state index is 7.02. The lowest BCUT2D eigenvalue weighted by molar-refractivity contribution is -0.944. The summed E-state index contributed by atoms with van der Waals surface area (Å²) in [6, 6.07) is 41.2. The molecule has 5 heterocycles. The van der Waals surface area contributed by atoms with E-state index in [9.17, 15) is 0 Å². The Labute approximate surface area is 319 Å². The number of aromatic nitrogens is 3. The molecule has 3 aromatic heterocycles. The van der Waals surface area contributed by atoms with Crippen LogP contribution >= 0.6 is 0 Å². The van der Waals surface area contributed by atoms with Crippen LogP contribution in [0, 0.1) is 12.8 Å². The number of hydrogen-bond acceptors (Lipinski definition) is 1. The minimum absolute atomic E-state index is 0.0549. The third-order valence-electron chi connectivity index (χ3n) is 12.0. The molecular formula is C49H49N3OSi+2. The Morgan fingerprint density at radius 1 is 0.796 bits per heavy atom. The van der Waals surface area contributed by atoms with Crippen LogP contribution in [0.15, 0.2) is 120 Å². The zero-order chi connectivity index (χ0) is 37.5. The van der Waals surface area contributed by atoms with Crippen molar-refractivity contribution in [1.29, 1.82) is 0 Å². The molecule has 4 nitrogen and oxygen atoms in total. The van der Waals surface area contributed by atoms with Gasteiger partial charge in [-0.15, -0.1) is 9.13 Å². The lowest BCUT2D eigenvalue weighted by Crippen LogP contribution is -2.72. The first-order chi connectivity index (χ1) is 25.8. The molecule has 0 saturated heterocycles. The third kappa shape index (κ3) is 4.42. The van der Waals surface area contributed by atoms with Crippen molar-refractivity contribution in [2.75, 3.05) is 0 Å². The lowest BCUT2D eigenvalue weighted by Gasteiger charge is -2.24. The van der Waals surface area contributed by atoms with Gasteiger partial charge in [0.25, 0.3) is 0 Å². The van der Waals surface area contributed by atoms with E-state index in [0.29, 0.717) is 5.92 Å². The van der Waals surface area contributed by atoms with E-state index in [4.69, 9.17) is 4.42 Å². The highest BCUT2D eigenvalue weighted by Crippen LogP contribution is 2.52. The highest BCUT2D eigenvalue weighted by molar-refractivity contribution is 6.89. The van der Waals surface area contributed by atoms with Gasteiger partial charge in [0.1, 0.15) is 16.8 Å². The van der Waals surface area contributed by atoms with Gasteiger partial charge in [0.05, 0.1) is 24.8 Å². The Balaban J connectivity index is 1.43. The van der Waals surface area contributed by atoms with E-state index in [2.05, 4.69) is 190 Å². The quantitative estimate of drug-likeness (QED) is 0.131. The first kappa shape index (κ1) is 33.3. The Hall–Kier alpha value is -5.26. The summed E-state index contributed by atoms with van der Waals surface area (Å²) >= 11 is 0. The van der Waals surface area contributed by atoms with Crippen molar-refractivity contribution in [2.24, 2.45) is 5.92 Å². The Kier molecular flexibility index (Phi) is 6.87. The van der Waals surface area contributed by atoms with Gasteiger partial charge in [-0.3, -0.25) is 0 Å². The molecule has 0 N–H and O–H groups in total. The van der Waals surface area contributed by atoms with Crippen molar-refractivity contribution < 1.29 is 13.6 Å². The molecule has 2 aliphatic heterocycles. The van der Waals surface area contributed by atoms with E-state index >= 15 is 0 Å². The predicted octanol–water partition coefficient (Wildman–Crippen LogP) is 10.7. The molecule has 268 valence electrons. The number of benzene rings is 5. The minimum Gasteiger partial charge on any atom is -0.455 e. The van der Waals surface area contributed by atoms with Gasteiger partial charge in [-0.2, -0.15) is 4.57 Å². The van der Waals surface area contributed by atoms with Gasteiger partial charge in [0.15, 0.2) is 22.8 Å². The lowest BCUT2D eigenvalue weighted by atomic mass is 9.87. The maximum atomic E-state index is 7.02. The fourth-order valence-electron chi connectivity index (χ4n) is 9.67. The highest BCUT2D eigenvalue weighted by Gasteiger charge is 2.67. The van der Waals surface area contributed by atoms with Crippen LogP contribution in [-0.2, 0) is 17.5 Å². The Morgan fingerprint density at radius 3 is 2.28 bits per heavy atom. The van der Waals surface area contributed by atoms with Crippen molar-refractivity contribution in [3.05, 3.63) is 143 Å². The molecule has 2 aliphatic rings. The van der Waals surface area contributed by atoms with Crippen LogP contribution in [-0.4, -0.2) is 12.6 Å². The first-order valence-corrected chi connectivity index (χ1v) is 23.1. The maximum Gasteiger partial charge on any atom is 0.364 e. The molecule has 8 aromatic rings. The van der Waals surface area contributed by atoms with Crippen molar-refractivity contribution in [1.82, 2.24) is 4.57 Å².